The smallest absolute Gasteiger partial charge is 0.306 e. The minimum absolute atomic E-state index is 0.129. The van der Waals surface area contributed by atoms with Gasteiger partial charge in [-0.2, -0.15) is 0 Å². The molecule has 0 aromatic carbocycles. The average Bonchev–Trinajstić information content (AvgIpc) is 3.26. The van der Waals surface area contributed by atoms with Gasteiger partial charge < -0.3 is 14.2 Å². The van der Waals surface area contributed by atoms with E-state index in [1.165, 1.54) is 19.3 Å². The van der Waals surface area contributed by atoms with E-state index < -0.39 is 6.10 Å². The van der Waals surface area contributed by atoms with E-state index in [1.54, 1.807) is 0 Å². The second kappa shape index (κ2) is 48.2. The molecule has 0 aliphatic carbocycles. The van der Waals surface area contributed by atoms with E-state index in [0.29, 0.717) is 19.3 Å². The summed E-state index contributed by atoms with van der Waals surface area (Å²) in [4.78, 5) is 37.7. The number of ether oxygens (including phenoxy) is 3. The summed E-state index contributed by atoms with van der Waals surface area (Å²) in [6.07, 6.45) is 67.4. The molecular weight excluding hydrogens is 757 g/mol. The van der Waals surface area contributed by atoms with Gasteiger partial charge in [0.05, 0.1) is 0 Å². The first-order valence-corrected chi connectivity index (χ1v) is 23.7. The molecule has 340 valence electrons. The molecule has 0 saturated carbocycles. The fraction of sp³-hybridized carbons (Fsp3) is 0.545. The van der Waals surface area contributed by atoms with Crippen molar-refractivity contribution in [3.05, 3.63) is 134 Å². The first kappa shape index (κ1) is 56.5. The lowest BCUT2D eigenvalue weighted by atomic mass is 10.1. The largest absolute Gasteiger partial charge is 0.462 e. The van der Waals surface area contributed by atoms with Crippen LogP contribution in [0.5, 0.6) is 0 Å². The highest BCUT2D eigenvalue weighted by Gasteiger charge is 2.19. The summed E-state index contributed by atoms with van der Waals surface area (Å²) in [5.74, 6) is -1.08. The van der Waals surface area contributed by atoms with Gasteiger partial charge in [-0.15, -0.1) is 0 Å². The van der Waals surface area contributed by atoms with Gasteiger partial charge in [-0.3, -0.25) is 14.4 Å². The van der Waals surface area contributed by atoms with Gasteiger partial charge in [0.15, 0.2) is 6.10 Å². The molecule has 0 radical (unpaired) electrons. The Balaban J connectivity index is 4.53. The van der Waals surface area contributed by atoms with E-state index in [4.69, 9.17) is 14.2 Å². The molecule has 0 fully saturated rings. The van der Waals surface area contributed by atoms with Crippen molar-refractivity contribution < 1.29 is 28.6 Å². The Morgan fingerprint density at radius 3 is 1.23 bits per heavy atom. The summed E-state index contributed by atoms with van der Waals surface area (Å²) in [5.41, 5.74) is 0. The molecule has 0 amide bonds. The summed E-state index contributed by atoms with van der Waals surface area (Å²) in [6, 6.07) is 0. The predicted octanol–water partition coefficient (Wildman–Crippen LogP) is 15.5. The fourth-order valence-electron chi connectivity index (χ4n) is 5.74. The highest BCUT2D eigenvalue weighted by molar-refractivity contribution is 5.71. The van der Waals surface area contributed by atoms with E-state index >= 15 is 0 Å². The van der Waals surface area contributed by atoms with Crippen LogP contribution in [0.4, 0.5) is 0 Å². The minimum atomic E-state index is -0.831. The van der Waals surface area contributed by atoms with Crippen molar-refractivity contribution in [2.45, 2.75) is 181 Å². The first-order valence-electron chi connectivity index (χ1n) is 23.7. The van der Waals surface area contributed by atoms with E-state index in [0.717, 1.165) is 103 Å². The van der Waals surface area contributed by atoms with Gasteiger partial charge in [-0.05, 0) is 103 Å². The summed E-state index contributed by atoms with van der Waals surface area (Å²) < 4.78 is 16.6. The molecule has 0 saturated heterocycles. The molecule has 0 aliphatic heterocycles. The van der Waals surface area contributed by atoms with Crippen molar-refractivity contribution in [3.8, 4) is 0 Å². The molecule has 61 heavy (non-hydrogen) atoms. The highest BCUT2D eigenvalue weighted by Crippen LogP contribution is 2.12. The summed E-state index contributed by atoms with van der Waals surface area (Å²) in [6.45, 7) is 6.12. The SMILES string of the molecule is CC\C=C/C=C\C=C/CCCCCCCCCC(=O)OC(COC(=O)CC/C=C\C/C=C\C/C=C\C/C=C\C/C=C\C/C=C\CC)COC(=O)CCCC/C=C\C/C=C\CC. The van der Waals surface area contributed by atoms with Gasteiger partial charge >= 0.3 is 17.9 Å². The van der Waals surface area contributed by atoms with Gasteiger partial charge in [0, 0.05) is 19.3 Å². The number of hydrogen-bond donors (Lipinski definition) is 0. The number of carbonyl (C=O) groups excluding carboxylic acids is 3. The molecule has 0 aromatic heterocycles. The van der Waals surface area contributed by atoms with Gasteiger partial charge in [-0.1, -0.05) is 187 Å². The fourth-order valence-corrected chi connectivity index (χ4v) is 5.74. The minimum Gasteiger partial charge on any atom is -0.462 e. The molecule has 1 atom stereocenters. The van der Waals surface area contributed by atoms with E-state index in [1.807, 2.05) is 12.2 Å². The van der Waals surface area contributed by atoms with E-state index in [2.05, 4.69) is 142 Å². The van der Waals surface area contributed by atoms with Gasteiger partial charge in [-0.25, -0.2) is 0 Å². The molecule has 0 rings (SSSR count). The van der Waals surface area contributed by atoms with Gasteiger partial charge in [0.25, 0.3) is 0 Å². The Bertz CT molecular complexity index is 1380. The normalized spacial score (nSPS) is 13.3. The van der Waals surface area contributed by atoms with Crippen LogP contribution < -0.4 is 0 Å². The number of rotatable bonds is 40. The molecule has 0 aromatic rings. The molecule has 1 unspecified atom stereocenters. The molecule has 6 heteroatoms. The average molecular weight is 841 g/mol. The Morgan fingerprint density at radius 2 is 0.705 bits per heavy atom. The molecular formula is C55H84O6. The quantitative estimate of drug-likeness (QED) is 0.0201. The van der Waals surface area contributed by atoms with Crippen LogP contribution in [0, 0.1) is 0 Å². The molecule has 0 aliphatic rings. The van der Waals surface area contributed by atoms with Crippen LogP contribution >= 0.6 is 0 Å². The maximum absolute atomic E-state index is 12.7. The third-order valence-corrected chi connectivity index (χ3v) is 9.21. The summed E-state index contributed by atoms with van der Waals surface area (Å²) in [7, 11) is 0. The van der Waals surface area contributed by atoms with E-state index in [9.17, 15) is 14.4 Å². The zero-order valence-electron chi connectivity index (χ0n) is 38.6. The third-order valence-electron chi connectivity index (χ3n) is 9.21. The molecule has 0 heterocycles. The molecule has 0 N–H and O–H groups in total. The lowest BCUT2D eigenvalue weighted by Gasteiger charge is -2.18. The number of unbranched alkanes of at least 4 members (excludes halogenated alkanes) is 9. The van der Waals surface area contributed by atoms with Gasteiger partial charge in [0.1, 0.15) is 13.2 Å². The zero-order valence-corrected chi connectivity index (χ0v) is 38.6. The Labute approximate surface area is 373 Å². The van der Waals surface area contributed by atoms with Gasteiger partial charge in [0.2, 0.25) is 0 Å². The summed E-state index contributed by atoms with van der Waals surface area (Å²) >= 11 is 0. The van der Waals surface area contributed by atoms with Crippen LogP contribution in [0.25, 0.3) is 0 Å². The van der Waals surface area contributed by atoms with Crippen molar-refractivity contribution in [1.29, 1.82) is 0 Å². The van der Waals surface area contributed by atoms with Crippen molar-refractivity contribution in [1.82, 2.24) is 0 Å². The third kappa shape index (κ3) is 46.5. The topological polar surface area (TPSA) is 78.9 Å². The number of carbonyl (C=O) groups is 3. The lowest BCUT2D eigenvalue weighted by molar-refractivity contribution is -0.166. The van der Waals surface area contributed by atoms with Crippen molar-refractivity contribution in [3.63, 3.8) is 0 Å². The monoisotopic (exact) mass is 841 g/mol. The van der Waals surface area contributed by atoms with Crippen LogP contribution in [0.3, 0.4) is 0 Å². The Kier molecular flexibility index (Phi) is 44.7. The number of allylic oxidation sites excluding steroid dienone is 22. The first-order chi connectivity index (χ1) is 30.0. The highest BCUT2D eigenvalue weighted by atomic mass is 16.6. The van der Waals surface area contributed by atoms with Crippen molar-refractivity contribution >= 4 is 17.9 Å². The maximum atomic E-state index is 12.7. The Hall–Kier alpha value is -4.45. The van der Waals surface area contributed by atoms with Crippen LogP contribution in [-0.2, 0) is 28.6 Å². The second-order valence-electron chi connectivity index (χ2n) is 14.9. The molecule has 0 bridgehead atoms. The Morgan fingerprint density at radius 1 is 0.344 bits per heavy atom. The zero-order chi connectivity index (χ0) is 44.4. The number of hydrogen-bond acceptors (Lipinski definition) is 6. The van der Waals surface area contributed by atoms with Crippen LogP contribution in [0.15, 0.2) is 134 Å². The van der Waals surface area contributed by atoms with Crippen molar-refractivity contribution in [2.24, 2.45) is 0 Å². The lowest BCUT2D eigenvalue weighted by Crippen LogP contribution is -2.30. The molecule has 0 spiro atoms. The van der Waals surface area contributed by atoms with Crippen LogP contribution in [0.2, 0.25) is 0 Å². The predicted molar refractivity (Wildman–Crippen MR) is 260 cm³/mol. The van der Waals surface area contributed by atoms with E-state index in [-0.39, 0.29) is 44.0 Å². The van der Waals surface area contributed by atoms with Crippen molar-refractivity contribution in [2.75, 3.05) is 13.2 Å². The second-order valence-corrected chi connectivity index (χ2v) is 14.9. The van der Waals surface area contributed by atoms with Crippen LogP contribution in [0.1, 0.15) is 175 Å². The molecule has 6 nitrogen and oxygen atoms in total. The number of esters is 3. The van der Waals surface area contributed by atoms with Crippen LogP contribution in [-0.4, -0.2) is 37.2 Å². The maximum Gasteiger partial charge on any atom is 0.306 e. The standard InChI is InChI=1S/C55H84O6/c1-4-7-10-13-16-19-21-23-25-26-27-28-30-31-33-36-39-42-45-48-54(57)60-51-52(50-59-53(56)47-44-41-38-35-18-15-12-9-6-3)61-55(58)49-46-43-40-37-34-32-29-24-22-20-17-14-11-8-5-2/h7-12,14,16-20,22-23,25,27-28,31,33,35,39,42,52H,4-6,13,15,21,24,26,29-30,32,34,36-38,40-41,43-51H2,1-3H3/b10-7-,11-8-,12-9-,17-14-,19-16-,22-20-,25-23-,28-27-,33-31-,35-18-,42-39-. The summed E-state index contributed by atoms with van der Waals surface area (Å²) in [5, 5.41) is 0.